The van der Waals surface area contributed by atoms with E-state index in [1.807, 2.05) is 30.3 Å². The number of rotatable bonds is 5. The van der Waals surface area contributed by atoms with Crippen molar-refractivity contribution in [2.24, 2.45) is 5.73 Å². The predicted octanol–water partition coefficient (Wildman–Crippen LogP) is 2.49. The third-order valence-electron chi connectivity index (χ3n) is 3.98. The van der Waals surface area contributed by atoms with E-state index in [4.69, 9.17) is 15.2 Å². The molecule has 1 atom stereocenters. The second kappa shape index (κ2) is 14.1. The highest BCUT2D eigenvalue weighted by atomic mass is 16.5. The molecule has 1 amide bonds. The van der Waals surface area contributed by atoms with Crippen LogP contribution in [0.5, 0.6) is 5.75 Å². The van der Waals surface area contributed by atoms with Gasteiger partial charge in [-0.25, -0.2) is 0 Å². The lowest BCUT2D eigenvalue weighted by Crippen LogP contribution is -2.38. The number of carbonyl (C=O) groups excluding carboxylic acids is 2. The van der Waals surface area contributed by atoms with E-state index in [1.54, 1.807) is 31.4 Å². The Labute approximate surface area is 172 Å². The van der Waals surface area contributed by atoms with Gasteiger partial charge in [0, 0.05) is 18.7 Å². The molecular weight excluding hydrogens is 372 g/mol. The van der Waals surface area contributed by atoms with Crippen molar-refractivity contribution in [3.63, 3.8) is 0 Å². The molecule has 0 saturated carbocycles. The molecule has 0 aliphatic carbocycles. The van der Waals surface area contributed by atoms with Gasteiger partial charge in [0.1, 0.15) is 12.4 Å². The summed E-state index contributed by atoms with van der Waals surface area (Å²) in [6.07, 6.45) is 0.439. The maximum Gasteiger partial charge on any atom is 0.293 e. The number of ether oxygens (including phenoxy) is 3. The summed E-state index contributed by atoms with van der Waals surface area (Å²) in [6, 6.07) is 16.2. The van der Waals surface area contributed by atoms with Crippen molar-refractivity contribution >= 4 is 12.4 Å². The van der Waals surface area contributed by atoms with Gasteiger partial charge in [-0.1, -0.05) is 30.3 Å². The summed E-state index contributed by atoms with van der Waals surface area (Å²) in [5, 5.41) is 0. The van der Waals surface area contributed by atoms with Crippen LogP contribution in [0.2, 0.25) is 0 Å². The number of amides is 1. The minimum atomic E-state index is -0.423. The van der Waals surface area contributed by atoms with Gasteiger partial charge in [-0.2, -0.15) is 0 Å². The van der Waals surface area contributed by atoms with E-state index in [1.165, 1.54) is 0 Å². The first-order valence-electron chi connectivity index (χ1n) is 9.29. The number of carbonyl (C=O) groups is 2. The van der Waals surface area contributed by atoms with Crippen LogP contribution < -0.4 is 10.5 Å². The number of methoxy groups -OCH3 is 1. The zero-order valence-corrected chi connectivity index (χ0v) is 17.2. The first-order chi connectivity index (χ1) is 14.0. The van der Waals surface area contributed by atoms with Crippen LogP contribution in [0, 0.1) is 0 Å². The van der Waals surface area contributed by atoms with Crippen LogP contribution >= 0.6 is 0 Å². The monoisotopic (exact) mass is 402 g/mol. The second-order valence-corrected chi connectivity index (χ2v) is 6.43. The Balaban J connectivity index is 0.000000220. The molecule has 1 heterocycles. The number of nitrogens with zero attached hydrogens (tertiary/aromatic N) is 1. The Morgan fingerprint density at radius 1 is 1.21 bits per heavy atom. The quantitative estimate of drug-likeness (QED) is 0.773. The van der Waals surface area contributed by atoms with E-state index < -0.39 is 5.91 Å². The maximum atomic E-state index is 10.6. The van der Waals surface area contributed by atoms with E-state index >= 15 is 0 Å². The summed E-state index contributed by atoms with van der Waals surface area (Å²) in [5.74, 6) is 0.294. The predicted molar refractivity (Wildman–Crippen MR) is 112 cm³/mol. The molecule has 1 aliphatic rings. The van der Waals surface area contributed by atoms with Crippen LogP contribution in [0.4, 0.5) is 0 Å². The van der Waals surface area contributed by atoms with Crippen molar-refractivity contribution in [3.8, 4) is 5.75 Å². The maximum absolute atomic E-state index is 10.6. The fourth-order valence-corrected chi connectivity index (χ4v) is 2.45. The van der Waals surface area contributed by atoms with Crippen molar-refractivity contribution in [3.05, 3.63) is 65.7 Å². The number of morpholine rings is 1. The number of hydrogen-bond donors (Lipinski definition) is 1. The fourth-order valence-electron chi connectivity index (χ4n) is 2.45. The summed E-state index contributed by atoms with van der Waals surface area (Å²) < 4.78 is 14.7. The van der Waals surface area contributed by atoms with Crippen LogP contribution in [-0.2, 0) is 20.9 Å². The molecule has 2 N–H and O–H groups in total. The smallest absolute Gasteiger partial charge is 0.293 e. The molecule has 1 fully saturated rings. The number of primary amides is 1. The van der Waals surface area contributed by atoms with Crippen LogP contribution in [0.25, 0.3) is 0 Å². The Hall–Kier alpha value is -2.90. The van der Waals surface area contributed by atoms with Gasteiger partial charge in [-0.3, -0.25) is 9.59 Å². The Morgan fingerprint density at radius 3 is 2.31 bits per heavy atom. The third kappa shape index (κ3) is 10.9. The van der Waals surface area contributed by atoms with Gasteiger partial charge in [-0.05, 0) is 43.8 Å². The standard InChI is InChI=1S/C8H9NO2.C8H8O2.C6H13NO/c1-11-7-4-2-6(3-5-7)8(9)10;9-7-10-6-8-4-2-1-3-5-8;1-6-5-7(2)3-4-8-6/h2-5H,1H3,(H2,9,10);1-5,7H,6H2;6H,3-5H2,1-2H3/t;;6-/m..0/s1. The molecule has 2 aromatic carbocycles. The fraction of sp³-hybridized carbons (Fsp3) is 0.364. The largest absolute Gasteiger partial charge is 0.497 e. The summed E-state index contributed by atoms with van der Waals surface area (Å²) in [7, 11) is 3.69. The molecule has 0 radical (unpaired) electrons. The van der Waals surface area contributed by atoms with Gasteiger partial charge < -0.3 is 24.8 Å². The van der Waals surface area contributed by atoms with Crippen LogP contribution in [0.15, 0.2) is 54.6 Å². The molecular formula is C22H30N2O5. The van der Waals surface area contributed by atoms with Crippen molar-refractivity contribution in [1.29, 1.82) is 0 Å². The van der Waals surface area contributed by atoms with Crippen LogP contribution in [0.1, 0.15) is 22.8 Å². The minimum Gasteiger partial charge on any atom is -0.497 e. The molecule has 0 spiro atoms. The van der Waals surface area contributed by atoms with Gasteiger partial charge in [0.2, 0.25) is 5.91 Å². The van der Waals surface area contributed by atoms with E-state index in [2.05, 4.69) is 23.6 Å². The third-order valence-corrected chi connectivity index (χ3v) is 3.98. The highest BCUT2D eigenvalue weighted by Crippen LogP contribution is 2.10. The normalized spacial score (nSPS) is 15.6. The SMILES string of the molecule is COc1ccc(C(N)=O)cc1.C[C@H]1CN(C)CCO1.O=COCc1ccccc1. The lowest BCUT2D eigenvalue weighted by Gasteiger charge is -2.27. The summed E-state index contributed by atoms with van der Waals surface area (Å²) >= 11 is 0. The lowest BCUT2D eigenvalue weighted by molar-refractivity contribution is -0.129. The van der Waals surface area contributed by atoms with E-state index in [-0.39, 0.29) is 0 Å². The van der Waals surface area contributed by atoms with Gasteiger partial charge >= 0.3 is 0 Å². The van der Waals surface area contributed by atoms with E-state index in [0.29, 0.717) is 24.7 Å². The molecule has 1 saturated heterocycles. The number of benzene rings is 2. The Morgan fingerprint density at radius 2 is 1.86 bits per heavy atom. The van der Waals surface area contributed by atoms with Gasteiger partial charge in [0.05, 0.1) is 19.8 Å². The molecule has 2 aromatic rings. The summed E-state index contributed by atoms with van der Waals surface area (Å²) in [5.41, 5.74) is 6.53. The zero-order valence-electron chi connectivity index (χ0n) is 17.2. The molecule has 3 rings (SSSR count). The van der Waals surface area contributed by atoms with Crippen molar-refractivity contribution in [2.45, 2.75) is 19.6 Å². The van der Waals surface area contributed by atoms with E-state index in [9.17, 15) is 9.59 Å². The lowest BCUT2D eigenvalue weighted by atomic mass is 10.2. The minimum absolute atomic E-state index is 0.365. The highest BCUT2D eigenvalue weighted by molar-refractivity contribution is 5.92. The number of likely N-dealkylation sites (N-methyl/N-ethyl adjacent to an activating group) is 1. The van der Waals surface area contributed by atoms with Gasteiger partial charge in [0.15, 0.2) is 0 Å². The molecule has 0 aromatic heterocycles. The molecule has 1 aliphatic heterocycles. The average molecular weight is 402 g/mol. The van der Waals surface area contributed by atoms with Crippen molar-refractivity contribution in [1.82, 2.24) is 4.90 Å². The number of nitrogens with two attached hydrogens (primary N) is 1. The number of hydrogen-bond acceptors (Lipinski definition) is 6. The highest BCUT2D eigenvalue weighted by Gasteiger charge is 2.11. The topological polar surface area (TPSA) is 91.1 Å². The molecule has 0 unspecified atom stereocenters. The van der Waals surface area contributed by atoms with Crippen LogP contribution in [0.3, 0.4) is 0 Å². The molecule has 7 heteroatoms. The average Bonchev–Trinajstić information content (AvgIpc) is 2.74. The molecule has 7 nitrogen and oxygen atoms in total. The molecule has 0 bridgehead atoms. The summed E-state index contributed by atoms with van der Waals surface area (Å²) in [4.78, 5) is 22.6. The van der Waals surface area contributed by atoms with Crippen LogP contribution in [-0.4, -0.2) is 57.2 Å². The van der Waals surface area contributed by atoms with Gasteiger partial charge in [-0.15, -0.1) is 0 Å². The second-order valence-electron chi connectivity index (χ2n) is 6.43. The Kier molecular flexibility index (Phi) is 11.8. The molecule has 29 heavy (non-hydrogen) atoms. The summed E-state index contributed by atoms with van der Waals surface area (Å²) in [6.45, 7) is 6.00. The Bertz CT molecular complexity index is 699. The van der Waals surface area contributed by atoms with E-state index in [0.717, 1.165) is 31.0 Å². The van der Waals surface area contributed by atoms with Crippen molar-refractivity contribution < 1.29 is 23.8 Å². The first kappa shape index (κ1) is 24.1. The van der Waals surface area contributed by atoms with Gasteiger partial charge in [0.25, 0.3) is 6.47 Å². The first-order valence-corrected chi connectivity index (χ1v) is 9.29. The van der Waals surface area contributed by atoms with Crippen molar-refractivity contribution in [2.75, 3.05) is 33.9 Å². The molecule has 158 valence electrons. The zero-order chi connectivity index (χ0) is 21.5.